The molecule has 1 spiro atoms. The van der Waals surface area contributed by atoms with E-state index in [1.165, 1.54) is 19.2 Å². The van der Waals surface area contributed by atoms with Gasteiger partial charge in [0.2, 0.25) is 11.8 Å². The molecule has 5 rings (SSSR count). The van der Waals surface area contributed by atoms with Crippen LogP contribution in [0.4, 0.5) is 4.39 Å². The lowest BCUT2D eigenvalue weighted by Gasteiger charge is -2.70. The molecule has 0 bridgehead atoms. The number of methoxy groups -OCH3 is 1. The Hall–Kier alpha value is -2.77. The summed E-state index contributed by atoms with van der Waals surface area (Å²) in [6.45, 7) is 0.735. The number of aliphatic hydroxyl groups is 1. The van der Waals surface area contributed by atoms with E-state index in [2.05, 4.69) is 0 Å². The highest BCUT2D eigenvalue weighted by molar-refractivity contribution is 5.85. The first-order chi connectivity index (χ1) is 15.5. The molecule has 2 atom stereocenters. The average Bonchev–Trinajstić information content (AvgIpc) is 3.58. The number of hydrogen-bond acceptors (Lipinski definition) is 4. The molecule has 2 amide bonds. The van der Waals surface area contributed by atoms with E-state index in [0.29, 0.717) is 13.1 Å². The number of likely N-dealkylation sites (tertiary alicyclic amines) is 2. The Bertz CT molecular complexity index is 1030. The number of carbonyl (C=O) groups excluding carboxylic acids is 2. The highest BCUT2D eigenvalue weighted by atomic mass is 19.1. The largest absolute Gasteiger partial charge is 0.394 e. The van der Waals surface area contributed by atoms with Gasteiger partial charge in [-0.1, -0.05) is 36.4 Å². The number of aliphatic hydroxyl groups excluding tert-OH is 1. The number of carbonyl (C=O) groups is 2. The Kier molecular flexibility index (Phi) is 5.26. The fourth-order valence-corrected chi connectivity index (χ4v) is 5.51. The molecule has 32 heavy (non-hydrogen) atoms. The van der Waals surface area contributed by atoms with Crippen LogP contribution in [0, 0.1) is 11.7 Å². The molecular formula is C25H27FN2O4. The second-order valence-electron chi connectivity index (χ2n) is 9.13. The van der Waals surface area contributed by atoms with Crippen LogP contribution in [0.25, 0.3) is 11.1 Å². The molecule has 2 aliphatic heterocycles. The van der Waals surface area contributed by atoms with Gasteiger partial charge in [-0.15, -0.1) is 0 Å². The second-order valence-corrected chi connectivity index (χ2v) is 9.13. The van der Waals surface area contributed by atoms with Crippen molar-refractivity contribution in [2.45, 2.75) is 30.3 Å². The Morgan fingerprint density at radius 2 is 1.84 bits per heavy atom. The summed E-state index contributed by atoms with van der Waals surface area (Å²) in [7, 11) is 1.48. The van der Waals surface area contributed by atoms with Gasteiger partial charge < -0.3 is 19.6 Å². The van der Waals surface area contributed by atoms with Gasteiger partial charge in [-0.25, -0.2) is 4.39 Å². The van der Waals surface area contributed by atoms with Crippen LogP contribution >= 0.6 is 0 Å². The topological polar surface area (TPSA) is 70.1 Å². The maximum absolute atomic E-state index is 13.6. The van der Waals surface area contributed by atoms with Crippen molar-refractivity contribution in [1.82, 2.24) is 9.80 Å². The fourth-order valence-electron chi connectivity index (χ4n) is 5.51. The van der Waals surface area contributed by atoms with Crippen LogP contribution in [0.15, 0.2) is 48.5 Å². The van der Waals surface area contributed by atoms with Crippen LogP contribution in [-0.2, 0) is 14.3 Å². The van der Waals surface area contributed by atoms with Crippen LogP contribution in [0.5, 0.6) is 0 Å². The van der Waals surface area contributed by atoms with Crippen LogP contribution in [-0.4, -0.2) is 71.7 Å². The van der Waals surface area contributed by atoms with Gasteiger partial charge in [-0.3, -0.25) is 9.59 Å². The van der Waals surface area contributed by atoms with Crippen molar-refractivity contribution < 1.29 is 23.8 Å². The van der Waals surface area contributed by atoms with Crippen molar-refractivity contribution >= 4 is 11.8 Å². The first-order valence-electron chi connectivity index (χ1n) is 11.0. The zero-order chi connectivity index (χ0) is 22.5. The van der Waals surface area contributed by atoms with Gasteiger partial charge in [-0.05, 0) is 41.7 Å². The third-order valence-electron chi connectivity index (χ3n) is 7.09. The van der Waals surface area contributed by atoms with Crippen LogP contribution in [0.1, 0.15) is 24.3 Å². The molecule has 1 N–H and O–H groups in total. The number of rotatable bonds is 6. The zero-order valence-electron chi connectivity index (χ0n) is 18.0. The number of ether oxygens (including phenoxy) is 1. The summed E-state index contributed by atoms with van der Waals surface area (Å²) in [5, 5.41) is 10.1. The first kappa shape index (κ1) is 21.1. The van der Waals surface area contributed by atoms with Crippen molar-refractivity contribution in [1.29, 1.82) is 0 Å². The van der Waals surface area contributed by atoms with Gasteiger partial charge >= 0.3 is 0 Å². The molecule has 0 radical (unpaired) electrons. The third kappa shape index (κ3) is 3.31. The van der Waals surface area contributed by atoms with Crippen molar-refractivity contribution in [3.63, 3.8) is 0 Å². The maximum atomic E-state index is 13.6. The monoisotopic (exact) mass is 438 g/mol. The summed E-state index contributed by atoms with van der Waals surface area (Å²) >= 11 is 0. The quantitative estimate of drug-likeness (QED) is 0.752. The molecule has 0 aromatic heterocycles. The van der Waals surface area contributed by atoms with Crippen molar-refractivity contribution in [2.24, 2.45) is 5.92 Å². The van der Waals surface area contributed by atoms with Crippen LogP contribution in [0.3, 0.4) is 0 Å². The van der Waals surface area contributed by atoms with E-state index in [9.17, 15) is 19.1 Å². The minimum absolute atomic E-state index is 0.0555. The lowest BCUT2D eigenvalue weighted by Crippen LogP contribution is -2.86. The highest BCUT2D eigenvalue weighted by Gasteiger charge is 2.68. The molecule has 2 saturated heterocycles. The van der Waals surface area contributed by atoms with Gasteiger partial charge in [0.15, 0.2) is 0 Å². The van der Waals surface area contributed by atoms with Crippen molar-refractivity contribution in [2.75, 3.05) is 33.4 Å². The molecule has 3 aliphatic rings. The van der Waals surface area contributed by atoms with Crippen LogP contribution in [0.2, 0.25) is 0 Å². The van der Waals surface area contributed by atoms with E-state index in [4.69, 9.17) is 4.74 Å². The summed E-state index contributed by atoms with van der Waals surface area (Å²) < 4.78 is 18.7. The molecule has 1 aliphatic carbocycles. The minimum atomic E-state index is -0.520. The van der Waals surface area contributed by atoms with E-state index in [1.807, 2.05) is 35.2 Å². The van der Waals surface area contributed by atoms with Gasteiger partial charge in [0.25, 0.3) is 0 Å². The summed E-state index contributed by atoms with van der Waals surface area (Å²) in [5.41, 5.74) is 2.17. The average molecular weight is 438 g/mol. The van der Waals surface area contributed by atoms with E-state index in [1.54, 1.807) is 11.0 Å². The lowest BCUT2D eigenvalue weighted by molar-refractivity contribution is -0.205. The SMILES string of the molecule is COCC(=O)N1[C@H](CO)[C@@H](c2ccc(-c3cccc(F)c3)cc2)C12CN(C(=O)C1CC1)C2. The number of amides is 2. The number of hydrogen-bond donors (Lipinski definition) is 1. The molecule has 0 unspecified atom stereocenters. The van der Waals surface area contributed by atoms with Gasteiger partial charge in [0, 0.05) is 32.0 Å². The molecule has 6 nitrogen and oxygen atoms in total. The molecule has 2 aromatic carbocycles. The Morgan fingerprint density at radius 3 is 2.44 bits per heavy atom. The van der Waals surface area contributed by atoms with Crippen molar-refractivity contribution in [3.8, 4) is 11.1 Å². The Balaban J connectivity index is 1.43. The molecule has 7 heteroatoms. The molecule has 2 aromatic rings. The minimum Gasteiger partial charge on any atom is -0.394 e. The van der Waals surface area contributed by atoms with E-state index < -0.39 is 5.54 Å². The standard InChI is InChI=1S/C25H27FN2O4/c1-32-13-22(30)28-21(12-29)23(25(28)14-27(15-25)24(31)18-9-10-18)17-7-5-16(6-8-17)19-3-2-4-20(26)11-19/h2-8,11,18,21,23,29H,9-10,12-15H2,1H3/t21-,23-/m1/s1. The summed E-state index contributed by atoms with van der Waals surface area (Å²) in [5.74, 6) is -0.238. The number of nitrogens with zero attached hydrogens (tertiary/aromatic N) is 2. The van der Waals surface area contributed by atoms with Gasteiger partial charge in [0.05, 0.1) is 18.2 Å². The smallest absolute Gasteiger partial charge is 0.249 e. The number of benzene rings is 2. The lowest BCUT2D eigenvalue weighted by atomic mass is 9.60. The van der Waals surface area contributed by atoms with Gasteiger partial charge in [0.1, 0.15) is 12.4 Å². The Morgan fingerprint density at radius 1 is 1.12 bits per heavy atom. The Labute approximate surface area is 186 Å². The third-order valence-corrected chi connectivity index (χ3v) is 7.09. The van der Waals surface area contributed by atoms with Crippen molar-refractivity contribution in [3.05, 3.63) is 59.9 Å². The number of halogens is 1. The molecule has 1 saturated carbocycles. The molecule has 168 valence electrons. The van der Waals surface area contributed by atoms with Crippen LogP contribution < -0.4 is 0 Å². The first-order valence-corrected chi connectivity index (χ1v) is 11.0. The summed E-state index contributed by atoms with van der Waals surface area (Å²) in [4.78, 5) is 29.0. The zero-order valence-corrected chi connectivity index (χ0v) is 18.0. The molecular weight excluding hydrogens is 411 g/mol. The summed E-state index contributed by atoms with van der Waals surface area (Å²) in [6, 6.07) is 13.9. The highest BCUT2D eigenvalue weighted by Crippen LogP contribution is 2.54. The fraction of sp³-hybridized carbons (Fsp3) is 0.440. The molecule has 3 fully saturated rings. The van der Waals surface area contributed by atoms with E-state index in [0.717, 1.165) is 29.5 Å². The van der Waals surface area contributed by atoms with Gasteiger partial charge in [-0.2, -0.15) is 0 Å². The van der Waals surface area contributed by atoms with E-state index in [-0.39, 0.29) is 48.7 Å². The second kappa shape index (κ2) is 7.98. The predicted molar refractivity (Wildman–Crippen MR) is 116 cm³/mol. The predicted octanol–water partition coefficient (Wildman–Crippen LogP) is 2.42. The van der Waals surface area contributed by atoms with E-state index >= 15 is 0 Å². The normalized spacial score (nSPS) is 23.6. The molecule has 2 heterocycles. The maximum Gasteiger partial charge on any atom is 0.249 e. The summed E-state index contributed by atoms with van der Waals surface area (Å²) in [6.07, 6.45) is 1.89.